The minimum Gasteiger partial charge on any atom is -0.344 e. The summed E-state index contributed by atoms with van der Waals surface area (Å²) in [7, 11) is 0. The van der Waals surface area contributed by atoms with Crippen molar-refractivity contribution in [2.24, 2.45) is 11.3 Å². The molecule has 1 aliphatic rings. The molecule has 10 nitrogen and oxygen atoms in total. The van der Waals surface area contributed by atoms with Gasteiger partial charge in [-0.2, -0.15) is 0 Å². The summed E-state index contributed by atoms with van der Waals surface area (Å²) in [6, 6.07) is -0.781. The molecule has 2 rings (SSSR count). The van der Waals surface area contributed by atoms with Gasteiger partial charge in [0.15, 0.2) is 0 Å². The van der Waals surface area contributed by atoms with Crippen LogP contribution < -0.4 is 5.32 Å². The first kappa shape index (κ1) is 28.7. The number of nitrogens with one attached hydrogen (secondary N) is 1. The second kappa shape index (κ2) is 12.4. The largest absolute Gasteiger partial charge is 0.344 e. The SMILES string of the molecule is CCCC[C@H](CN(O)C=O)C(=O)N[C@H](C(=O)N1CCN(C(=O)c2sc(C)nc2C)CC1)C(C)(C)C. The summed E-state index contributed by atoms with van der Waals surface area (Å²) < 4.78 is 0. The van der Waals surface area contributed by atoms with Crippen molar-refractivity contribution in [2.75, 3.05) is 32.7 Å². The number of aromatic nitrogens is 1. The first-order chi connectivity index (χ1) is 16.4. The lowest BCUT2D eigenvalue weighted by Crippen LogP contribution is -2.60. The summed E-state index contributed by atoms with van der Waals surface area (Å²) >= 11 is 1.38. The van der Waals surface area contributed by atoms with E-state index in [2.05, 4.69) is 10.3 Å². The Morgan fingerprint density at radius 3 is 2.26 bits per heavy atom. The number of nitrogens with zero attached hydrogens (tertiary/aromatic N) is 4. The number of rotatable bonds is 10. The maximum atomic E-state index is 13.5. The number of carbonyl (C=O) groups is 4. The van der Waals surface area contributed by atoms with Gasteiger partial charge in [-0.15, -0.1) is 11.3 Å². The van der Waals surface area contributed by atoms with Crippen LogP contribution in [-0.4, -0.2) is 88.0 Å². The fourth-order valence-electron chi connectivity index (χ4n) is 4.12. The van der Waals surface area contributed by atoms with E-state index in [0.29, 0.717) is 42.5 Å². The van der Waals surface area contributed by atoms with Gasteiger partial charge in [0, 0.05) is 26.2 Å². The van der Waals surface area contributed by atoms with Crippen LogP contribution in [0, 0.1) is 25.2 Å². The van der Waals surface area contributed by atoms with Gasteiger partial charge in [-0.1, -0.05) is 40.5 Å². The third kappa shape index (κ3) is 7.73. The van der Waals surface area contributed by atoms with Crippen molar-refractivity contribution in [3.63, 3.8) is 0 Å². The van der Waals surface area contributed by atoms with Crippen molar-refractivity contribution in [1.29, 1.82) is 0 Å². The first-order valence-electron chi connectivity index (χ1n) is 12.1. The summed E-state index contributed by atoms with van der Waals surface area (Å²) in [5.41, 5.74) is 0.163. The van der Waals surface area contributed by atoms with Crippen LogP contribution in [0.25, 0.3) is 0 Å². The molecule has 1 aromatic heterocycles. The molecule has 2 heterocycles. The van der Waals surface area contributed by atoms with Gasteiger partial charge in [0.2, 0.25) is 18.2 Å². The van der Waals surface area contributed by atoms with Crippen LogP contribution in [0.15, 0.2) is 0 Å². The smallest absolute Gasteiger partial charge is 0.265 e. The van der Waals surface area contributed by atoms with Crippen LogP contribution >= 0.6 is 11.3 Å². The number of amides is 4. The Labute approximate surface area is 211 Å². The quantitative estimate of drug-likeness (QED) is 0.283. The predicted octanol–water partition coefficient (Wildman–Crippen LogP) is 2.23. The summed E-state index contributed by atoms with van der Waals surface area (Å²) in [6.45, 7) is 12.8. The zero-order valence-corrected chi connectivity index (χ0v) is 22.5. The number of hydroxylamine groups is 2. The molecule has 0 saturated carbocycles. The van der Waals surface area contributed by atoms with Gasteiger partial charge in [-0.25, -0.2) is 10.0 Å². The lowest BCUT2D eigenvalue weighted by molar-refractivity contribution is -0.155. The molecule has 35 heavy (non-hydrogen) atoms. The molecule has 11 heteroatoms. The molecule has 0 unspecified atom stereocenters. The maximum Gasteiger partial charge on any atom is 0.265 e. The average Bonchev–Trinajstić information content (AvgIpc) is 3.15. The van der Waals surface area contributed by atoms with E-state index in [1.807, 2.05) is 41.5 Å². The van der Waals surface area contributed by atoms with Gasteiger partial charge in [0.05, 0.1) is 23.2 Å². The molecule has 0 aromatic carbocycles. The number of unbranched alkanes of at least 4 members (excludes halogenated alkanes) is 1. The van der Waals surface area contributed by atoms with E-state index in [9.17, 15) is 24.4 Å². The van der Waals surface area contributed by atoms with Crippen molar-refractivity contribution in [1.82, 2.24) is 25.2 Å². The normalized spacial score (nSPS) is 16.0. The topological polar surface area (TPSA) is 123 Å². The Balaban J connectivity index is 2.07. The van der Waals surface area contributed by atoms with Crippen LogP contribution in [0.4, 0.5) is 0 Å². The summed E-state index contributed by atoms with van der Waals surface area (Å²) in [4.78, 5) is 58.7. The molecule has 0 radical (unpaired) electrons. The van der Waals surface area contributed by atoms with Gasteiger partial charge in [-0.3, -0.25) is 24.4 Å². The fourth-order valence-corrected chi connectivity index (χ4v) is 5.01. The Morgan fingerprint density at radius 1 is 1.17 bits per heavy atom. The second-order valence-electron chi connectivity index (χ2n) is 10.1. The predicted molar refractivity (Wildman–Crippen MR) is 133 cm³/mol. The van der Waals surface area contributed by atoms with Gasteiger partial charge < -0.3 is 15.1 Å². The van der Waals surface area contributed by atoms with E-state index in [-0.39, 0.29) is 30.7 Å². The molecule has 0 spiro atoms. The van der Waals surface area contributed by atoms with E-state index >= 15 is 0 Å². The van der Waals surface area contributed by atoms with Crippen molar-refractivity contribution in [3.05, 3.63) is 15.6 Å². The molecule has 2 atom stereocenters. The zero-order valence-electron chi connectivity index (χ0n) is 21.7. The average molecular weight is 510 g/mol. The zero-order chi connectivity index (χ0) is 26.3. The second-order valence-corrected chi connectivity index (χ2v) is 11.3. The summed E-state index contributed by atoms with van der Waals surface area (Å²) in [5, 5.41) is 13.8. The Morgan fingerprint density at radius 2 is 1.77 bits per heavy atom. The molecule has 196 valence electrons. The fraction of sp³-hybridized carbons (Fsp3) is 0.708. The molecular weight excluding hydrogens is 470 g/mol. The van der Waals surface area contributed by atoms with Gasteiger partial charge in [0.25, 0.3) is 5.91 Å². The number of hydrogen-bond acceptors (Lipinski definition) is 7. The molecule has 4 amide bonds. The van der Waals surface area contributed by atoms with Crippen LogP contribution in [0.5, 0.6) is 0 Å². The van der Waals surface area contributed by atoms with Crippen molar-refractivity contribution in [2.45, 2.75) is 66.8 Å². The van der Waals surface area contributed by atoms with Crippen LogP contribution in [-0.2, 0) is 14.4 Å². The first-order valence-corrected chi connectivity index (χ1v) is 12.9. The van der Waals surface area contributed by atoms with Gasteiger partial charge >= 0.3 is 0 Å². The minimum absolute atomic E-state index is 0.0663. The number of thiazole rings is 1. The van der Waals surface area contributed by atoms with E-state index in [1.165, 1.54) is 11.3 Å². The highest BCUT2D eigenvalue weighted by Crippen LogP contribution is 2.24. The number of carbonyl (C=O) groups excluding carboxylic acids is 4. The highest BCUT2D eigenvalue weighted by molar-refractivity contribution is 7.13. The minimum atomic E-state index is -0.781. The molecule has 1 aliphatic heterocycles. The van der Waals surface area contributed by atoms with Crippen LogP contribution in [0.3, 0.4) is 0 Å². The number of piperazine rings is 1. The molecule has 2 N–H and O–H groups in total. The molecule has 1 aromatic rings. The number of aryl methyl sites for hydroxylation is 2. The summed E-state index contributed by atoms with van der Waals surface area (Å²) in [5.74, 6) is -1.25. The number of hydrogen-bond donors (Lipinski definition) is 2. The van der Waals surface area contributed by atoms with Crippen molar-refractivity contribution in [3.8, 4) is 0 Å². The monoisotopic (exact) mass is 509 g/mol. The van der Waals surface area contributed by atoms with Gasteiger partial charge in [-0.05, 0) is 25.7 Å². The Bertz CT molecular complexity index is 905. The molecular formula is C24H39N5O5S. The van der Waals surface area contributed by atoms with Crippen molar-refractivity contribution < 1.29 is 24.4 Å². The van der Waals surface area contributed by atoms with Crippen LogP contribution in [0.2, 0.25) is 0 Å². The lowest BCUT2D eigenvalue weighted by atomic mass is 9.85. The van der Waals surface area contributed by atoms with Crippen molar-refractivity contribution >= 4 is 35.5 Å². The lowest BCUT2D eigenvalue weighted by Gasteiger charge is -2.40. The molecule has 0 bridgehead atoms. The van der Waals surface area contributed by atoms with Crippen LogP contribution in [0.1, 0.15) is 67.3 Å². The molecule has 1 fully saturated rings. The highest BCUT2D eigenvalue weighted by Gasteiger charge is 2.38. The standard InChI is InChI=1S/C24H39N5O5S/c1-7-8-9-18(14-29(34)15-30)21(31)26-20(24(4,5)6)23(33)28-12-10-27(11-13-28)22(32)19-16(2)25-17(3)35-19/h15,18,20,34H,7-14H2,1-6H3,(H,26,31)/t18-,20-/m1/s1. The van der Waals surface area contributed by atoms with E-state index in [0.717, 1.165) is 23.5 Å². The Kier molecular flexibility index (Phi) is 10.2. The van der Waals surface area contributed by atoms with Gasteiger partial charge in [0.1, 0.15) is 10.9 Å². The highest BCUT2D eigenvalue weighted by atomic mass is 32.1. The van der Waals surface area contributed by atoms with E-state index in [4.69, 9.17) is 0 Å². The van der Waals surface area contributed by atoms with E-state index in [1.54, 1.807) is 9.80 Å². The Hall–Kier alpha value is -2.53. The maximum absolute atomic E-state index is 13.5. The molecule has 0 aliphatic carbocycles. The third-order valence-corrected chi connectivity index (χ3v) is 7.24. The van der Waals surface area contributed by atoms with E-state index < -0.39 is 17.4 Å². The third-order valence-electron chi connectivity index (χ3n) is 6.18. The molecule has 1 saturated heterocycles. The summed E-state index contributed by atoms with van der Waals surface area (Å²) in [6.07, 6.45) is 2.39.